The minimum absolute atomic E-state index is 0.154. The van der Waals surface area contributed by atoms with Gasteiger partial charge in [0, 0.05) is 31.0 Å². The van der Waals surface area contributed by atoms with Crippen LogP contribution in [0.25, 0.3) is 0 Å². The Balaban J connectivity index is 2.77. The van der Waals surface area contributed by atoms with E-state index in [1.807, 2.05) is 19.3 Å². The molecule has 1 atom stereocenters. The van der Waals surface area contributed by atoms with E-state index in [0.717, 1.165) is 30.9 Å². The Morgan fingerprint density at radius 1 is 1.24 bits per heavy atom. The van der Waals surface area contributed by atoms with Gasteiger partial charge in [-0.2, -0.15) is 0 Å². The van der Waals surface area contributed by atoms with Crippen molar-refractivity contribution in [3.63, 3.8) is 0 Å². The van der Waals surface area contributed by atoms with E-state index in [-0.39, 0.29) is 6.04 Å². The Kier molecular flexibility index (Phi) is 5.35. The SMILES string of the molecule is CCCN(c1ncc(CC(C)N)cn1)C(C)C. The number of nitrogens with zero attached hydrogens (tertiary/aromatic N) is 3. The summed E-state index contributed by atoms with van der Waals surface area (Å²) >= 11 is 0. The van der Waals surface area contributed by atoms with Gasteiger partial charge in [0.05, 0.1) is 0 Å². The fraction of sp³-hybridized carbons (Fsp3) is 0.692. The zero-order chi connectivity index (χ0) is 12.8. The predicted octanol–water partition coefficient (Wildman–Crippen LogP) is 1.99. The van der Waals surface area contributed by atoms with Crippen LogP contribution in [0.5, 0.6) is 0 Å². The topological polar surface area (TPSA) is 55.0 Å². The number of aromatic nitrogens is 2. The molecule has 1 heterocycles. The lowest BCUT2D eigenvalue weighted by atomic mass is 10.1. The van der Waals surface area contributed by atoms with Gasteiger partial charge in [-0.1, -0.05) is 6.92 Å². The Bertz CT molecular complexity index is 319. The zero-order valence-corrected chi connectivity index (χ0v) is 11.3. The minimum atomic E-state index is 0.154. The van der Waals surface area contributed by atoms with Gasteiger partial charge >= 0.3 is 0 Å². The number of nitrogens with two attached hydrogens (primary N) is 1. The van der Waals surface area contributed by atoms with Crippen molar-refractivity contribution < 1.29 is 0 Å². The molecule has 1 aromatic rings. The molecule has 0 bridgehead atoms. The summed E-state index contributed by atoms with van der Waals surface area (Å²) in [6.07, 6.45) is 5.70. The van der Waals surface area contributed by atoms with E-state index in [2.05, 4.69) is 35.6 Å². The van der Waals surface area contributed by atoms with Crippen molar-refractivity contribution in [2.75, 3.05) is 11.4 Å². The Hall–Kier alpha value is -1.16. The van der Waals surface area contributed by atoms with Crippen LogP contribution in [0.15, 0.2) is 12.4 Å². The second-order valence-corrected chi connectivity index (χ2v) is 4.86. The maximum atomic E-state index is 5.75. The summed E-state index contributed by atoms with van der Waals surface area (Å²) in [5.41, 5.74) is 6.85. The smallest absolute Gasteiger partial charge is 0.225 e. The Morgan fingerprint density at radius 2 is 1.82 bits per heavy atom. The van der Waals surface area contributed by atoms with Crippen LogP contribution in [0.1, 0.15) is 39.7 Å². The molecule has 17 heavy (non-hydrogen) atoms. The predicted molar refractivity (Wildman–Crippen MR) is 72.2 cm³/mol. The molecular weight excluding hydrogens is 212 g/mol. The molecule has 2 N–H and O–H groups in total. The molecule has 4 nitrogen and oxygen atoms in total. The molecule has 0 spiro atoms. The van der Waals surface area contributed by atoms with Crippen LogP contribution in [0, 0.1) is 0 Å². The third-order valence-corrected chi connectivity index (χ3v) is 2.59. The lowest BCUT2D eigenvalue weighted by Crippen LogP contribution is -2.33. The first-order valence-electron chi connectivity index (χ1n) is 6.37. The Labute approximate surface area is 104 Å². The molecule has 0 fully saturated rings. The highest BCUT2D eigenvalue weighted by molar-refractivity contribution is 5.31. The quantitative estimate of drug-likeness (QED) is 0.820. The van der Waals surface area contributed by atoms with Crippen molar-refractivity contribution in [1.29, 1.82) is 0 Å². The van der Waals surface area contributed by atoms with Gasteiger partial charge in [0.15, 0.2) is 0 Å². The van der Waals surface area contributed by atoms with Crippen molar-refractivity contribution in [3.05, 3.63) is 18.0 Å². The summed E-state index contributed by atoms with van der Waals surface area (Å²) in [4.78, 5) is 11.1. The standard InChI is InChI=1S/C13H24N4/c1-5-6-17(10(2)3)13-15-8-12(9-16-13)7-11(4)14/h8-11H,5-7,14H2,1-4H3. The first-order valence-corrected chi connectivity index (χ1v) is 6.37. The van der Waals surface area contributed by atoms with Crippen molar-refractivity contribution in [1.82, 2.24) is 9.97 Å². The van der Waals surface area contributed by atoms with Gasteiger partial charge in [-0.25, -0.2) is 9.97 Å². The van der Waals surface area contributed by atoms with E-state index >= 15 is 0 Å². The summed E-state index contributed by atoms with van der Waals surface area (Å²) in [5, 5.41) is 0. The van der Waals surface area contributed by atoms with Crippen molar-refractivity contribution >= 4 is 5.95 Å². The van der Waals surface area contributed by atoms with Gasteiger partial charge in [0.1, 0.15) is 0 Å². The van der Waals surface area contributed by atoms with Crippen LogP contribution in [-0.4, -0.2) is 28.6 Å². The average molecular weight is 236 g/mol. The molecule has 0 radical (unpaired) electrons. The van der Waals surface area contributed by atoms with Gasteiger partial charge in [0.2, 0.25) is 5.95 Å². The summed E-state index contributed by atoms with van der Waals surface area (Å²) in [5.74, 6) is 0.815. The minimum Gasteiger partial charge on any atom is -0.338 e. The van der Waals surface area contributed by atoms with Gasteiger partial charge in [0.25, 0.3) is 0 Å². The van der Waals surface area contributed by atoms with Gasteiger partial charge in [-0.3, -0.25) is 0 Å². The molecule has 0 aliphatic carbocycles. The molecular formula is C13H24N4. The maximum Gasteiger partial charge on any atom is 0.225 e. The third-order valence-electron chi connectivity index (χ3n) is 2.59. The molecule has 0 amide bonds. The van der Waals surface area contributed by atoms with Crippen molar-refractivity contribution in [2.24, 2.45) is 5.73 Å². The molecule has 0 saturated heterocycles. The maximum absolute atomic E-state index is 5.75. The first-order chi connectivity index (χ1) is 8.04. The highest BCUT2D eigenvalue weighted by atomic mass is 15.3. The van der Waals surface area contributed by atoms with E-state index in [0.29, 0.717) is 6.04 Å². The number of rotatable bonds is 6. The second-order valence-electron chi connectivity index (χ2n) is 4.86. The summed E-state index contributed by atoms with van der Waals surface area (Å²) in [6.45, 7) is 9.47. The number of hydrogen-bond acceptors (Lipinski definition) is 4. The van der Waals surface area contributed by atoms with Crippen molar-refractivity contribution in [3.8, 4) is 0 Å². The van der Waals surface area contributed by atoms with E-state index in [1.165, 1.54) is 0 Å². The molecule has 0 aliphatic rings. The van der Waals surface area contributed by atoms with Gasteiger partial charge in [-0.15, -0.1) is 0 Å². The van der Waals surface area contributed by atoms with E-state index in [4.69, 9.17) is 5.73 Å². The van der Waals surface area contributed by atoms with Crippen LogP contribution in [0.3, 0.4) is 0 Å². The average Bonchev–Trinajstić information content (AvgIpc) is 2.26. The van der Waals surface area contributed by atoms with E-state index < -0.39 is 0 Å². The fourth-order valence-corrected chi connectivity index (χ4v) is 1.80. The molecule has 0 saturated carbocycles. The van der Waals surface area contributed by atoms with E-state index in [1.54, 1.807) is 0 Å². The van der Waals surface area contributed by atoms with Gasteiger partial charge < -0.3 is 10.6 Å². The van der Waals surface area contributed by atoms with E-state index in [9.17, 15) is 0 Å². The highest BCUT2D eigenvalue weighted by Gasteiger charge is 2.12. The number of hydrogen-bond donors (Lipinski definition) is 1. The highest BCUT2D eigenvalue weighted by Crippen LogP contribution is 2.12. The molecule has 0 aliphatic heterocycles. The van der Waals surface area contributed by atoms with Gasteiger partial charge in [-0.05, 0) is 39.2 Å². The largest absolute Gasteiger partial charge is 0.338 e. The summed E-state index contributed by atoms with van der Waals surface area (Å²) in [7, 11) is 0. The molecule has 1 unspecified atom stereocenters. The summed E-state index contributed by atoms with van der Waals surface area (Å²) in [6, 6.07) is 0.579. The molecule has 4 heteroatoms. The zero-order valence-electron chi connectivity index (χ0n) is 11.3. The lowest BCUT2D eigenvalue weighted by molar-refractivity contribution is 0.649. The molecule has 96 valence electrons. The molecule has 0 aromatic carbocycles. The second kappa shape index (κ2) is 6.55. The lowest BCUT2D eigenvalue weighted by Gasteiger charge is -2.26. The fourth-order valence-electron chi connectivity index (χ4n) is 1.80. The summed E-state index contributed by atoms with van der Waals surface area (Å²) < 4.78 is 0. The van der Waals surface area contributed by atoms with Crippen LogP contribution in [0.4, 0.5) is 5.95 Å². The monoisotopic (exact) mass is 236 g/mol. The third kappa shape index (κ3) is 4.30. The van der Waals surface area contributed by atoms with Crippen molar-refractivity contribution in [2.45, 2.75) is 52.6 Å². The first kappa shape index (κ1) is 13.9. The molecule has 1 aromatic heterocycles. The normalized spacial score (nSPS) is 12.8. The van der Waals surface area contributed by atoms with Crippen LogP contribution < -0.4 is 10.6 Å². The van der Waals surface area contributed by atoms with Crippen LogP contribution in [-0.2, 0) is 6.42 Å². The Morgan fingerprint density at radius 3 is 2.24 bits per heavy atom. The van der Waals surface area contributed by atoms with Crippen LogP contribution >= 0.6 is 0 Å². The van der Waals surface area contributed by atoms with Crippen LogP contribution in [0.2, 0.25) is 0 Å². The molecule has 1 rings (SSSR count). The number of anilines is 1.